The summed E-state index contributed by atoms with van der Waals surface area (Å²) in [5.41, 5.74) is 5.88. The SMILES string of the molecule is COc1cc(C(=O)NCCN)ccc1OCc1ccc(Br)s1. The minimum atomic E-state index is -0.183. The van der Waals surface area contributed by atoms with Gasteiger partial charge in [-0.2, -0.15) is 0 Å². The maximum atomic E-state index is 11.9. The molecular weight excluding hydrogens is 368 g/mol. The number of thiophene rings is 1. The summed E-state index contributed by atoms with van der Waals surface area (Å²) < 4.78 is 12.1. The number of carbonyl (C=O) groups is 1. The molecule has 0 atom stereocenters. The van der Waals surface area contributed by atoms with Crippen LogP contribution in [0.5, 0.6) is 11.5 Å². The molecule has 0 aliphatic rings. The second kappa shape index (κ2) is 8.17. The van der Waals surface area contributed by atoms with Gasteiger partial charge in [0.25, 0.3) is 5.91 Å². The highest BCUT2D eigenvalue weighted by molar-refractivity contribution is 9.11. The maximum Gasteiger partial charge on any atom is 0.251 e. The van der Waals surface area contributed by atoms with Gasteiger partial charge in [0.05, 0.1) is 10.9 Å². The Hall–Kier alpha value is -1.57. The molecule has 118 valence electrons. The molecule has 5 nitrogen and oxygen atoms in total. The van der Waals surface area contributed by atoms with Crippen molar-refractivity contribution in [1.82, 2.24) is 5.32 Å². The fourth-order valence-corrected chi connectivity index (χ4v) is 3.19. The van der Waals surface area contributed by atoms with Crippen molar-refractivity contribution in [2.45, 2.75) is 6.61 Å². The summed E-state index contributed by atoms with van der Waals surface area (Å²) in [7, 11) is 1.55. The van der Waals surface area contributed by atoms with E-state index >= 15 is 0 Å². The van der Waals surface area contributed by atoms with Crippen molar-refractivity contribution in [1.29, 1.82) is 0 Å². The molecule has 0 aliphatic heterocycles. The van der Waals surface area contributed by atoms with Gasteiger partial charge in [-0.3, -0.25) is 4.79 Å². The summed E-state index contributed by atoms with van der Waals surface area (Å²) in [4.78, 5) is 13.0. The van der Waals surface area contributed by atoms with Crippen LogP contribution in [0.3, 0.4) is 0 Å². The van der Waals surface area contributed by atoms with Gasteiger partial charge >= 0.3 is 0 Å². The van der Waals surface area contributed by atoms with Crippen LogP contribution in [-0.4, -0.2) is 26.1 Å². The van der Waals surface area contributed by atoms with Crippen molar-refractivity contribution in [2.75, 3.05) is 20.2 Å². The largest absolute Gasteiger partial charge is 0.493 e. The van der Waals surface area contributed by atoms with Crippen molar-refractivity contribution in [3.05, 3.63) is 44.6 Å². The van der Waals surface area contributed by atoms with Crippen LogP contribution in [-0.2, 0) is 6.61 Å². The Morgan fingerprint density at radius 3 is 2.77 bits per heavy atom. The van der Waals surface area contributed by atoms with Crippen LogP contribution >= 0.6 is 27.3 Å². The molecule has 22 heavy (non-hydrogen) atoms. The van der Waals surface area contributed by atoms with E-state index in [1.807, 2.05) is 12.1 Å². The number of nitrogens with two attached hydrogens (primary N) is 1. The van der Waals surface area contributed by atoms with E-state index in [1.165, 1.54) is 0 Å². The molecule has 0 saturated heterocycles. The van der Waals surface area contributed by atoms with Crippen LogP contribution < -0.4 is 20.5 Å². The number of halogens is 1. The molecule has 7 heteroatoms. The summed E-state index contributed by atoms with van der Waals surface area (Å²) in [6.45, 7) is 1.29. The number of hydrogen-bond acceptors (Lipinski definition) is 5. The number of rotatable bonds is 7. The van der Waals surface area contributed by atoms with Gasteiger partial charge in [-0.15, -0.1) is 11.3 Å². The van der Waals surface area contributed by atoms with Crippen molar-refractivity contribution in [3.8, 4) is 11.5 Å². The molecule has 0 unspecified atom stereocenters. The van der Waals surface area contributed by atoms with E-state index in [4.69, 9.17) is 15.2 Å². The summed E-state index contributed by atoms with van der Waals surface area (Å²) >= 11 is 5.03. The monoisotopic (exact) mass is 384 g/mol. The van der Waals surface area contributed by atoms with Gasteiger partial charge in [0.2, 0.25) is 0 Å². The Bertz CT molecular complexity index is 645. The highest BCUT2D eigenvalue weighted by Gasteiger charge is 2.11. The maximum absolute atomic E-state index is 11.9. The van der Waals surface area contributed by atoms with Crippen molar-refractivity contribution in [2.24, 2.45) is 5.73 Å². The fourth-order valence-electron chi connectivity index (χ4n) is 1.79. The lowest BCUT2D eigenvalue weighted by atomic mass is 10.2. The zero-order valence-electron chi connectivity index (χ0n) is 12.1. The van der Waals surface area contributed by atoms with E-state index < -0.39 is 0 Å². The molecule has 0 radical (unpaired) electrons. The van der Waals surface area contributed by atoms with Crippen LogP contribution in [0.2, 0.25) is 0 Å². The Labute approximate surface area is 141 Å². The number of amides is 1. The number of methoxy groups -OCH3 is 1. The molecule has 1 aromatic heterocycles. The van der Waals surface area contributed by atoms with Gasteiger partial charge < -0.3 is 20.5 Å². The van der Waals surface area contributed by atoms with Crippen molar-refractivity contribution in [3.63, 3.8) is 0 Å². The fraction of sp³-hybridized carbons (Fsp3) is 0.267. The molecule has 2 rings (SSSR count). The minimum absolute atomic E-state index is 0.183. The molecule has 0 fully saturated rings. The van der Waals surface area contributed by atoms with Gasteiger partial charge in [0.1, 0.15) is 6.61 Å². The highest BCUT2D eigenvalue weighted by Crippen LogP contribution is 2.30. The summed E-state index contributed by atoms with van der Waals surface area (Å²) in [5, 5.41) is 2.72. The van der Waals surface area contributed by atoms with Crippen LogP contribution in [0.1, 0.15) is 15.2 Å². The number of ether oxygens (including phenoxy) is 2. The van der Waals surface area contributed by atoms with Crippen LogP contribution in [0.4, 0.5) is 0 Å². The molecule has 1 heterocycles. The Morgan fingerprint density at radius 2 is 2.14 bits per heavy atom. The highest BCUT2D eigenvalue weighted by atomic mass is 79.9. The number of benzene rings is 1. The Kier molecular flexibility index (Phi) is 6.23. The topological polar surface area (TPSA) is 73.6 Å². The Balaban J connectivity index is 2.06. The Morgan fingerprint density at radius 1 is 1.32 bits per heavy atom. The number of hydrogen-bond donors (Lipinski definition) is 2. The van der Waals surface area contributed by atoms with Crippen LogP contribution in [0.15, 0.2) is 34.1 Å². The van der Waals surface area contributed by atoms with Gasteiger partial charge in [-0.05, 0) is 46.3 Å². The second-order valence-corrected chi connectivity index (χ2v) is 6.95. The van der Waals surface area contributed by atoms with Gasteiger partial charge in [-0.25, -0.2) is 0 Å². The lowest BCUT2D eigenvalue weighted by Gasteiger charge is -2.11. The summed E-state index contributed by atoms with van der Waals surface area (Å²) in [5.74, 6) is 0.941. The first-order valence-electron chi connectivity index (χ1n) is 6.67. The second-order valence-electron chi connectivity index (χ2n) is 4.40. The molecule has 3 N–H and O–H groups in total. The van der Waals surface area contributed by atoms with E-state index in [9.17, 15) is 4.79 Å². The lowest BCUT2D eigenvalue weighted by Crippen LogP contribution is -2.28. The minimum Gasteiger partial charge on any atom is -0.493 e. The third kappa shape index (κ3) is 4.46. The van der Waals surface area contributed by atoms with Crippen LogP contribution in [0.25, 0.3) is 0 Å². The normalized spacial score (nSPS) is 10.3. The standard InChI is InChI=1S/C15H17BrN2O3S/c1-20-13-8-10(15(19)18-7-6-17)2-4-12(13)21-9-11-3-5-14(16)22-11/h2-5,8H,6-7,9,17H2,1H3,(H,18,19). The van der Waals surface area contributed by atoms with Crippen molar-refractivity contribution < 1.29 is 14.3 Å². The van der Waals surface area contributed by atoms with E-state index in [-0.39, 0.29) is 5.91 Å². The lowest BCUT2D eigenvalue weighted by molar-refractivity contribution is 0.0954. The molecule has 2 aromatic rings. The van der Waals surface area contributed by atoms with Gasteiger partial charge in [-0.1, -0.05) is 0 Å². The molecule has 1 aromatic carbocycles. The molecular formula is C15H17BrN2O3S. The first-order chi connectivity index (χ1) is 10.6. The molecule has 0 aliphatic carbocycles. The van der Waals surface area contributed by atoms with E-state index in [2.05, 4.69) is 21.2 Å². The van der Waals surface area contributed by atoms with Crippen LogP contribution in [0, 0.1) is 0 Å². The summed E-state index contributed by atoms with van der Waals surface area (Å²) in [6.07, 6.45) is 0. The van der Waals surface area contributed by atoms with Gasteiger partial charge in [0.15, 0.2) is 11.5 Å². The third-order valence-corrected chi connectivity index (χ3v) is 4.45. The van der Waals surface area contributed by atoms with E-state index in [0.717, 1.165) is 8.66 Å². The molecule has 1 amide bonds. The zero-order valence-corrected chi connectivity index (χ0v) is 14.5. The zero-order chi connectivity index (χ0) is 15.9. The smallest absolute Gasteiger partial charge is 0.251 e. The van der Waals surface area contributed by atoms with Crippen molar-refractivity contribution >= 4 is 33.2 Å². The first-order valence-corrected chi connectivity index (χ1v) is 8.28. The average molecular weight is 385 g/mol. The third-order valence-electron chi connectivity index (χ3n) is 2.85. The predicted molar refractivity (Wildman–Crippen MR) is 90.7 cm³/mol. The quantitative estimate of drug-likeness (QED) is 0.769. The first kappa shape index (κ1) is 16.8. The molecule has 0 saturated carbocycles. The average Bonchev–Trinajstić information content (AvgIpc) is 2.95. The number of nitrogens with one attached hydrogen (secondary N) is 1. The summed E-state index contributed by atoms with van der Waals surface area (Å²) in [6, 6.07) is 9.07. The molecule has 0 spiro atoms. The molecule has 0 bridgehead atoms. The van der Waals surface area contributed by atoms with E-state index in [0.29, 0.717) is 36.8 Å². The number of carbonyl (C=O) groups excluding carboxylic acids is 1. The predicted octanol–water partition coefficient (Wildman–Crippen LogP) is 2.79. The van der Waals surface area contributed by atoms with E-state index in [1.54, 1.807) is 36.6 Å². The van der Waals surface area contributed by atoms with Gasteiger partial charge in [0, 0.05) is 23.5 Å².